The minimum atomic E-state index is -0.905. The zero-order valence-corrected chi connectivity index (χ0v) is 14.4. The highest BCUT2D eigenvalue weighted by molar-refractivity contribution is 7.13. The zero-order valence-electron chi connectivity index (χ0n) is 13.6. The van der Waals surface area contributed by atoms with Crippen LogP contribution in [0.2, 0.25) is 0 Å². The van der Waals surface area contributed by atoms with Crippen LogP contribution in [0, 0.1) is 11.3 Å². The molecule has 3 aromatic heterocycles. The molecule has 0 fully saturated rings. The monoisotopic (exact) mass is 367 g/mol. The number of aromatic nitrogens is 3. The SMILES string of the molecule is COc1ncc(-c2cc(-c3cc(CC(=O)O)cs3)nc(N)c2C#N)cn1. The van der Waals surface area contributed by atoms with Crippen LogP contribution in [0.15, 0.2) is 29.9 Å². The van der Waals surface area contributed by atoms with Gasteiger partial charge in [0.15, 0.2) is 0 Å². The van der Waals surface area contributed by atoms with E-state index in [2.05, 4.69) is 21.0 Å². The molecule has 0 saturated heterocycles. The van der Waals surface area contributed by atoms with Crippen LogP contribution in [-0.2, 0) is 11.2 Å². The molecule has 26 heavy (non-hydrogen) atoms. The Morgan fingerprint density at radius 2 is 2.12 bits per heavy atom. The van der Waals surface area contributed by atoms with Crippen LogP contribution in [0.25, 0.3) is 21.7 Å². The molecule has 0 atom stereocenters. The van der Waals surface area contributed by atoms with Crippen molar-refractivity contribution in [2.24, 2.45) is 0 Å². The van der Waals surface area contributed by atoms with Crippen molar-refractivity contribution in [3.8, 4) is 33.8 Å². The quantitative estimate of drug-likeness (QED) is 0.701. The van der Waals surface area contributed by atoms with Crippen molar-refractivity contribution in [2.45, 2.75) is 6.42 Å². The fourth-order valence-corrected chi connectivity index (χ4v) is 3.25. The third-order valence-corrected chi connectivity index (χ3v) is 4.54. The van der Waals surface area contributed by atoms with E-state index in [9.17, 15) is 10.1 Å². The molecule has 0 spiro atoms. The summed E-state index contributed by atoms with van der Waals surface area (Å²) < 4.78 is 4.94. The Bertz CT molecular complexity index is 1010. The van der Waals surface area contributed by atoms with Crippen molar-refractivity contribution < 1.29 is 14.6 Å². The molecular weight excluding hydrogens is 354 g/mol. The summed E-state index contributed by atoms with van der Waals surface area (Å²) in [7, 11) is 1.46. The minimum absolute atomic E-state index is 0.0680. The predicted octanol–water partition coefficient (Wildman–Crippen LogP) is 2.36. The molecule has 3 aromatic rings. The van der Waals surface area contributed by atoms with Crippen LogP contribution in [0.1, 0.15) is 11.1 Å². The second-order valence-electron chi connectivity index (χ2n) is 5.28. The topological polar surface area (TPSA) is 135 Å². The molecule has 8 nitrogen and oxygen atoms in total. The van der Waals surface area contributed by atoms with Crippen molar-refractivity contribution >= 4 is 23.1 Å². The number of anilines is 1. The Morgan fingerprint density at radius 1 is 1.38 bits per heavy atom. The Balaban J connectivity index is 2.08. The summed E-state index contributed by atoms with van der Waals surface area (Å²) in [4.78, 5) is 24.0. The van der Waals surface area contributed by atoms with Crippen LogP contribution >= 0.6 is 11.3 Å². The van der Waals surface area contributed by atoms with E-state index in [0.717, 1.165) is 4.88 Å². The average Bonchev–Trinajstić information content (AvgIpc) is 3.09. The first kappa shape index (κ1) is 17.3. The van der Waals surface area contributed by atoms with Crippen LogP contribution in [0.3, 0.4) is 0 Å². The van der Waals surface area contributed by atoms with Gasteiger partial charge in [-0.2, -0.15) is 5.26 Å². The van der Waals surface area contributed by atoms with Crippen molar-refractivity contribution in [2.75, 3.05) is 12.8 Å². The van der Waals surface area contributed by atoms with Gasteiger partial charge in [-0.05, 0) is 23.1 Å². The summed E-state index contributed by atoms with van der Waals surface area (Å²) in [6, 6.07) is 5.74. The third kappa shape index (κ3) is 3.45. The third-order valence-electron chi connectivity index (χ3n) is 3.54. The van der Waals surface area contributed by atoms with Gasteiger partial charge in [0.2, 0.25) is 0 Å². The fourth-order valence-electron chi connectivity index (χ4n) is 2.37. The number of carbonyl (C=O) groups is 1. The summed E-state index contributed by atoms with van der Waals surface area (Å²) in [5.74, 6) is -0.818. The van der Waals surface area contributed by atoms with E-state index in [1.165, 1.54) is 30.8 Å². The number of nitrogens with two attached hydrogens (primary N) is 1. The van der Waals surface area contributed by atoms with Crippen LogP contribution in [0.5, 0.6) is 6.01 Å². The highest BCUT2D eigenvalue weighted by Gasteiger charge is 2.16. The van der Waals surface area contributed by atoms with Crippen LogP contribution < -0.4 is 10.5 Å². The number of nitrogen functional groups attached to an aromatic ring is 1. The van der Waals surface area contributed by atoms with Gasteiger partial charge >= 0.3 is 12.0 Å². The highest BCUT2D eigenvalue weighted by atomic mass is 32.1. The van der Waals surface area contributed by atoms with E-state index in [-0.39, 0.29) is 23.8 Å². The molecule has 0 bridgehead atoms. The number of nitriles is 1. The molecule has 130 valence electrons. The molecule has 3 N–H and O–H groups in total. The maximum atomic E-state index is 10.9. The summed E-state index contributed by atoms with van der Waals surface area (Å²) in [6.07, 6.45) is 3.01. The van der Waals surface area contributed by atoms with Gasteiger partial charge in [-0.1, -0.05) is 0 Å². The van der Waals surface area contributed by atoms with Crippen molar-refractivity contribution in [1.29, 1.82) is 5.26 Å². The molecule has 0 saturated carbocycles. The summed E-state index contributed by atoms with van der Waals surface area (Å²) in [5, 5.41) is 20.1. The number of methoxy groups -OCH3 is 1. The number of aliphatic carboxylic acids is 1. The highest BCUT2D eigenvalue weighted by Crippen LogP contribution is 2.33. The molecule has 9 heteroatoms. The lowest BCUT2D eigenvalue weighted by Crippen LogP contribution is -2.00. The van der Waals surface area contributed by atoms with E-state index >= 15 is 0 Å². The Hall–Kier alpha value is -3.51. The minimum Gasteiger partial charge on any atom is -0.481 e. The lowest BCUT2D eigenvalue weighted by atomic mass is 10.0. The molecule has 0 aromatic carbocycles. The van der Waals surface area contributed by atoms with E-state index in [0.29, 0.717) is 22.4 Å². The second-order valence-corrected chi connectivity index (χ2v) is 6.19. The fraction of sp³-hybridized carbons (Fsp3) is 0.118. The number of rotatable bonds is 5. The van der Waals surface area contributed by atoms with Gasteiger partial charge in [0.05, 0.1) is 24.1 Å². The lowest BCUT2D eigenvalue weighted by Gasteiger charge is -2.09. The average molecular weight is 367 g/mol. The number of pyridine rings is 1. The van der Waals surface area contributed by atoms with Crippen LogP contribution in [0.4, 0.5) is 5.82 Å². The molecule has 0 aliphatic heterocycles. The normalized spacial score (nSPS) is 10.3. The second kappa shape index (κ2) is 7.16. The van der Waals surface area contributed by atoms with Gasteiger partial charge in [-0.15, -0.1) is 11.3 Å². The number of ether oxygens (including phenoxy) is 1. The van der Waals surface area contributed by atoms with E-state index in [1.807, 2.05) is 0 Å². The first-order chi connectivity index (χ1) is 12.5. The van der Waals surface area contributed by atoms with Crippen molar-refractivity contribution in [1.82, 2.24) is 15.0 Å². The number of nitrogens with zero attached hydrogens (tertiary/aromatic N) is 4. The number of carboxylic acids is 1. The van der Waals surface area contributed by atoms with Crippen molar-refractivity contribution in [3.63, 3.8) is 0 Å². The van der Waals surface area contributed by atoms with Gasteiger partial charge in [0.25, 0.3) is 0 Å². The van der Waals surface area contributed by atoms with E-state index < -0.39 is 5.97 Å². The van der Waals surface area contributed by atoms with Gasteiger partial charge in [-0.25, -0.2) is 15.0 Å². The Labute approximate surface area is 152 Å². The maximum Gasteiger partial charge on any atom is 0.316 e. The Morgan fingerprint density at radius 3 is 2.73 bits per heavy atom. The zero-order chi connectivity index (χ0) is 18.7. The smallest absolute Gasteiger partial charge is 0.316 e. The first-order valence-corrected chi connectivity index (χ1v) is 8.26. The number of carboxylic acid groups (broad SMARTS) is 1. The summed E-state index contributed by atoms with van der Waals surface area (Å²) in [6.45, 7) is 0. The molecule has 0 amide bonds. The van der Waals surface area contributed by atoms with Crippen molar-refractivity contribution in [3.05, 3.63) is 41.0 Å². The van der Waals surface area contributed by atoms with Gasteiger partial charge in [0.1, 0.15) is 17.5 Å². The number of hydrogen-bond donors (Lipinski definition) is 2. The van der Waals surface area contributed by atoms with E-state index in [1.54, 1.807) is 17.5 Å². The molecule has 3 rings (SSSR count). The summed E-state index contributed by atoms with van der Waals surface area (Å²) in [5.41, 5.74) is 8.56. The predicted molar refractivity (Wildman–Crippen MR) is 95.6 cm³/mol. The summed E-state index contributed by atoms with van der Waals surface area (Å²) >= 11 is 1.36. The molecule has 3 heterocycles. The maximum absolute atomic E-state index is 10.9. The molecule has 0 radical (unpaired) electrons. The molecular formula is C17H13N5O3S. The Kier molecular flexibility index (Phi) is 4.77. The molecule has 0 unspecified atom stereocenters. The molecule has 0 aliphatic carbocycles. The largest absolute Gasteiger partial charge is 0.481 e. The van der Waals surface area contributed by atoms with Gasteiger partial charge < -0.3 is 15.6 Å². The standard InChI is InChI=1S/C17H13N5O3S/c1-25-17-20-6-10(7-21-17)11-4-13(22-16(19)12(11)5-18)14-2-9(8-26-14)3-15(23)24/h2,4,6-8H,3H2,1H3,(H2,19,22)(H,23,24). The molecule has 0 aliphatic rings. The van der Waals surface area contributed by atoms with Crippen LogP contribution in [-0.4, -0.2) is 33.1 Å². The van der Waals surface area contributed by atoms with Gasteiger partial charge in [-0.3, -0.25) is 4.79 Å². The number of thiophene rings is 1. The lowest BCUT2D eigenvalue weighted by molar-refractivity contribution is -0.136. The first-order valence-electron chi connectivity index (χ1n) is 7.38. The van der Waals surface area contributed by atoms with E-state index in [4.69, 9.17) is 15.6 Å². The van der Waals surface area contributed by atoms with Gasteiger partial charge in [0, 0.05) is 23.5 Å². The number of hydrogen-bond acceptors (Lipinski definition) is 8.